The fourth-order valence-corrected chi connectivity index (χ4v) is 2.30. The number of hydrogen-bond acceptors (Lipinski definition) is 6. The molecule has 1 aromatic rings. The number of ether oxygens (including phenoxy) is 2. The SMILES string of the molecule is COc1cc(OC)cc(C(=O)O/N=C2\C=C(C(C)C)C(=O)C=C2C)c1. The van der Waals surface area contributed by atoms with Crippen molar-refractivity contribution in [2.24, 2.45) is 11.1 Å². The molecular weight excluding hydrogens is 322 g/mol. The van der Waals surface area contributed by atoms with Gasteiger partial charge in [0.1, 0.15) is 17.2 Å². The second-order valence-corrected chi connectivity index (χ2v) is 5.90. The summed E-state index contributed by atoms with van der Waals surface area (Å²) in [5.74, 6) is 0.310. The fraction of sp³-hybridized carbons (Fsp3) is 0.316. The maximum Gasteiger partial charge on any atom is 0.366 e. The van der Waals surface area contributed by atoms with Crippen LogP contribution in [0.5, 0.6) is 11.5 Å². The van der Waals surface area contributed by atoms with E-state index in [-0.39, 0.29) is 17.3 Å². The van der Waals surface area contributed by atoms with E-state index in [1.54, 1.807) is 19.1 Å². The predicted molar refractivity (Wildman–Crippen MR) is 94.1 cm³/mol. The van der Waals surface area contributed by atoms with Crippen LogP contribution >= 0.6 is 0 Å². The molecule has 0 saturated carbocycles. The Bertz CT molecular complexity index is 765. The Kier molecular flexibility index (Phi) is 5.75. The monoisotopic (exact) mass is 343 g/mol. The first-order chi connectivity index (χ1) is 11.8. The lowest BCUT2D eigenvalue weighted by molar-refractivity contribution is -0.111. The van der Waals surface area contributed by atoms with E-state index in [0.29, 0.717) is 28.4 Å². The zero-order valence-corrected chi connectivity index (χ0v) is 15.0. The molecule has 0 spiro atoms. The van der Waals surface area contributed by atoms with Gasteiger partial charge in [-0.25, -0.2) is 4.79 Å². The molecule has 0 bridgehead atoms. The van der Waals surface area contributed by atoms with Gasteiger partial charge >= 0.3 is 5.97 Å². The second-order valence-electron chi connectivity index (χ2n) is 5.90. The van der Waals surface area contributed by atoms with E-state index in [4.69, 9.17) is 14.3 Å². The molecule has 1 aliphatic carbocycles. The van der Waals surface area contributed by atoms with Crippen LogP contribution in [0, 0.1) is 5.92 Å². The van der Waals surface area contributed by atoms with Crippen molar-refractivity contribution in [3.05, 3.63) is 47.1 Å². The molecule has 0 atom stereocenters. The highest BCUT2D eigenvalue weighted by molar-refractivity contribution is 6.21. The van der Waals surface area contributed by atoms with Crippen LogP contribution in [-0.2, 0) is 9.63 Å². The first-order valence-electron chi connectivity index (χ1n) is 7.82. The first-order valence-corrected chi connectivity index (χ1v) is 7.82. The van der Waals surface area contributed by atoms with E-state index in [1.807, 2.05) is 13.8 Å². The highest BCUT2D eigenvalue weighted by Crippen LogP contribution is 2.23. The van der Waals surface area contributed by atoms with Gasteiger partial charge in [-0.05, 0) is 42.7 Å². The largest absolute Gasteiger partial charge is 0.497 e. The van der Waals surface area contributed by atoms with E-state index in [1.165, 1.54) is 32.4 Å². The summed E-state index contributed by atoms with van der Waals surface area (Å²) < 4.78 is 10.3. The lowest BCUT2D eigenvalue weighted by Gasteiger charge is -2.14. The standard InChI is InChI=1S/C19H21NO5/c1-11(2)16-10-17(12(3)6-18(16)21)20-25-19(22)13-7-14(23-4)9-15(8-13)24-5/h6-11H,1-5H3/b20-17+. The summed E-state index contributed by atoms with van der Waals surface area (Å²) in [6.45, 7) is 5.58. The molecule has 132 valence electrons. The summed E-state index contributed by atoms with van der Waals surface area (Å²) in [4.78, 5) is 29.3. The highest BCUT2D eigenvalue weighted by Gasteiger charge is 2.20. The van der Waals surface area contributed by atoms with Gasteiger partial charge in [-0.1, -0.05) is 19.0 Å². The molecule has 0 heterocycles. The fourth-order valence-electron chi connectivity index (χ4n) is 2.30. The molecule has 6 heteroatoms. The van der Waals surface area contributed by atoms with Crippen molar-refractivity contribution >= 4 is 17.5 Å². The van der Waals surface area contributed by atoms with Gasteiger partial charge in [0.2, 0.25) is 0 Å². The quantitative estimate of drug-likeness (QED) is 0.466. The van der Waals surface area contributed by atoms with E-state index >= 15 is 0 Å². The van der Waals surface area contributed by atoms with Crippen molar-refractivity contribution in [2.75, 3.05) is 14.2 Å². The number of allylic oxidation sites excluding steroid dienone is 4. The minimum atomic E-state index is -0.645. The normalized spacial score (nSPS) is 15.8. The van der Waals surface area contributed by atoms with Gasteiger partial charge in [0.15, 0.2) is 5.78 Å². The number of carbonyl (C=O) groups excluding carboxylic acids is 2. The van der Waals surface area contributed by atoms with Crippen LogP contribution in [0.4, 0.5) is 0 Å². The van der Waals surface area contributed by atoms with Crippen molar-refractivity contribution in [2.45, 2.75) is 20.8 Å². The molecule has 0 saturated heterocycles. The molecule has 0 amide bonds. The third-order valence-electron chi connectivity index (χ3n) is 3.76. The molecule has 0 unspecified atom stereocenters. The number of methoxy groups -OCH3 is 2. The van der Waals surface area contributed by atoms with Crippen LogP contribution in [-0.4, -0.2) is 31.7 Å². The van der Waals surface area contributed by atoms with Crippen molar-refractivity contribution in [1.29, 1.82) is 0 Å². The summed E-state index contributed by atoms with van der Waals surface area (Å²) in [5, 5.41) is 3.91. The van der Waals surface area contributed by atoms with Crippen LogP contribution in [0.2, 0.25) is 0 Å². The number of oxime groups is 1. The summed E-state index contributed by atoms with van der Waals surface area (Å²) in [6, 6.07) is 4.72. The van der Waals surface area contributed by atoms with Gasteiger partial charge in [0.05, 0.1) is 19.8 Å². The lowest BCUT2D eigenvalue weighted by Crippen LogP contribution is -2.16. The van der Waals surface area contributed by atoms with Crippen LogP contribution in [0.3, 0.4) is 0 Å². The number of rotatable bonds is 5. The van der Waals surface area contributed by atoms with Gasteiger partial charge in [-0.2, -0.15) is 0 Å². The molecule has 0 radical (unpaired) electrons. The van der Waals surface area contributed by atoms with Gasteiger partial charge in [-0.15, -0.1) is 0 Å². The first kappa shape index (κ1) is 18.4. The number of hydrogen-bond donors (Lipinski definition) is 0. The minimum absolute atomic E-state index is 0.0460. The van der Waals surface area contributed by atoms with Gasteiger partial charge in [0.25, 0.3) is 0 Å². The smallest absolute Gasteiger partial charge is 0.366 e. The molecule has 25 heavy (non-hydrogen) atoms. The summed E-state index contributed by atoms with van der Waals surface area (Å²) >= 11 is 0. The second kappa shape index (κ2) is 7.79. The zero-order chi connectivity index (χ0) is 18.6. The summed E-state index contributed by atoms with van der Waals surface area (Å²) in [7, 11) is 2.99. The average molecular weight is 343 g/mol. The Balaban J connectivity index is 2.25. The Hall–Kier alpha value is -2.89. The Morgan fingerprint density at radius 2 is 1.64 bits per heavy atom. The highest BCUT2D eigenvalue weighted by atomic mass is 16.7. The molecule has 1 aromatic carbocycles. The molecule has 1 aliphatic rings. The van der Waals surface area contributed by atoms with E-state index < -0.39 is 5.97 Å². The molecule has 0 N–H and O–H groups in total. The van der Waals surface area contributed by atoms with E-state index in [0.717, 1.165) is 0 Å². The Labute approximate surface area is 146 Å². The molecule has 0 aliphatic heterocycles. The number of nitrogens with zero attached hydrogens (tertiary/aromatic N) is 1. The van der Waals surface area contributed by atoms with Crippen LogP contribution in [0.1, 0.15) is 31.1 Å². The van der Waals surface area contributed by atoms with Crippen LogP contribution < -0.4 is 9.47 Å². The number of ketones is 1. The maximum absolute atomic E-state index is 12.3. The summed E-state index contributed by atoms with van der Waals surface area (Å²) in [6.07, 6.45) is 3.15. The number of benzene rings is 1. The van der Waals surface area contributed by atoms with Crippen LogP contribution in [0.25, 0.3) is 0 Å². The maximum atomic E-state index is 12.3. The third kappa shape index (κ3) is 4.35. The molecule has 0 aromatic heterocycles. The molecule has 2 rings (SSSR count). The predicted octanol–water partition coefficient (Wildman–Crippen LogP) is 3.33. The zero-order valence-electron chi connectivity index (χ0n) is 15.0. The Morgan fingerprint density at radius 3 is 2.16 bits per heavy atom. The van der Waals surface area contributed by atoms with E-state index in [2.05, 4.69) is 5.16 Å². The third-order valence-corrected chi connectivity index (χ3v) is 3.76. The van der Waals surface area contributed by atoms with Crippen molar-refractivity contribution in [3.8, 4) is 11.5 Å². The average Bonchev–Trinajstić information content (AvgIpc) is 2.59. The van der Waals surface area contributed by atoms with Crippen molar-refractivity contribution in [3.63, 3.8) is 0 Å². The van der Waals surface area contributed by atoms with Gasteiger partial charge in [0, 0.05) is 11.6 Å². The van der Waals surface area contributed by atoms with Crippen molar-refractivity contribution in [1.82, 2.24) is 0 Å². The Morgan fingerprint density at radius 1 is 1.04 bits per heavy atom. The lowest BCUT2D eigenvalue weighted by atomic mass is 9.90. The van der Waals surface area contributed by atoms with Crippen LogP contribution in [0.15, 0.2) is 46.7 Å². The summed E-state index contributed by atoms with van der Waals surface area (Å²) in [5.41, 5.74) is 1.97. The molecule has 0 fully saturated rings. The van der Waals surface area contributed by atoms with Gasteiger partial charge in [-0.3, -0.25) is 4.79 Å². The number of carbonyl (C=O) groups is 2. The minimum Gasteiger partial charge on any atom is -0.497 e. The molecular formula is C19H21NO5. The topological polar surface area (TPSA) is 74.2 Å². The van der Waals surface area contributed by atoms with E-state index in [9.17, 15) is 9.59 Å². The van der Waals surface area contributed by atoms with Gasteiger partial charge < -0.3 is 14.3 Å². The molecule has 6 nitrogen and oxygen atoms in total. The van der Waals surface area contributed by atoms with Crippen molar-refractivity contribution < 1.29 is 23.9 Å².